The van der Waals surface area contributed by atoms with E-state index in [4.69, 9.17) is 0 Å². The summed E-state index contributed by atoms with van der Waals surface area (Å²) in [5, 5.41) is 14.4. The number of amides is 1. The van der Waals surface area contributed by atoms with Crippen LogP contribution in [0.15, 0.2) is 36.5 Å². The fraction of sp³-hybridized carbons (Fsp3) is 0.438. The van der Waals surface area contributed by atoms with Gasteiger partial charge < -0.3 is 10.6 Å². The van der Waals surface area contributed by atoms with Gasteiger partial charge in [0.25, 0.3) is 5.91 Å². The maximum absolute atomic E-state index is 12.3. The Balaban J connectivity index is 1.61. The van der Waals surface area contributed by atoms with Gasteiger partial charge in [-0.1, -0.05) is 42.5 Å². The Bertz CT molecular complexity index is 624. The molecule has 0 aliphatic carbocycles. The van der Waals surface area contributed by atoms with Gasteiger partial charge in [0, 0.05) is 6.04 Å². The molecule has 2 unspecified atom stereocenters. The summed E-state index contributed by atoms with van der Waals surface area (Å²) in [4.78, 5) is 12.3. The third-order valence-electron chi connectivity index (χ3n) is 4.06. The van der Waals surface area contributed by atoms with Gasteiger partial charge in [0.05, 0.1) is 12.7 Å². The number of carbonyl (C=O) groups is 1. The standard InChI is InChI=1S/C16H21N5O/c1-12-9-17-8-7-14(12)18-16(22)15-11-21(20-19-15)10-13-5-3-2-4-6-13/h2-6,11-12,14,17H,7-10H2,1H3,(H,18,22). The van der Waals surface area contributed by atoms with Crippen LogP contribution in [0.25, 0.3) is 0 Å². The number of aromatic nitrogens is 3. The number of benzene rings is 1. The lowest BCUT2D eigenvalue weighted by Crippen LogP contribution is -2.48. The van der Waals surface area contributed by atoms with Crippen molar-refractivity contribution in [3.63, 3.8) is 0 Å². The van der Waals surface area contributed by atoms with Crippen LogP contribution >= 0.6 is 0 Å². The van der Waals surface area contributed by atoms with Gasteiger partial charge in [-0.15, -0.1) is 5.10 Å². The van der Waals surface area contributed by atoms with Crippen LogP contribution < -0.4 is 10.6 Å². The molecule has 2 N–H and O–H groups in total. The molecule has 0 spiro atoms. The Hall–Kier alpha value is -2.21. The largest absolute Gasteiger partial charge is 0.347 e. The average molecular weight is 299 g/mol. The Labute approximate surface area is 129 Å². The molecule has 2 heterocycles. The molecule has 1 aliphatic rings. The minimum absolute atomic E-state index is 0.141. The van der Waals surface area contributed by atoms with E-state index in [1.165, 1.54) is 0 Å². The van der Waals surface area contributed by atoms with Gasteiger partial charge >= 0.3 is 0 Å². The van der Waals surface area contributed by atoms with Crippen molar-refractivity contribution in [2.24, 2.45) is 5.92 Å². The molecule has 2 atom stereocenters. The summed E-state index contributed by atoms with van der Waals surface area (Å²) in [6.45, 7) is 4.63. The van der Waals surface area contributed by atoms with Crippen LogP contribution in [0, 0.1) is 5.92 Å². The van der Waals surface area contributed by atoms with E-state index in [0.717, 1.165) is 25.1 Å². The lowest BCUT2D eigenvalue weighted by Gasteiger charge is -2.29. The lowest BCUT2D eigenvalue weighted by molar-refractivity contribution is 0.0909. The Kier molecular flexibility index (Phi) is 4.48. The summed E-state index contributed by atoms with van der Waals surface area (Å²) in [5.41, 5.74) is 1.51. The van der Waals surface area contributed by atoms with E-state index >= 15 is 0 Å². The van der Waals surface area contributed by atoms with E-state index in [-0.39, 0.29) is 11.9 Å². The predicted octanol–water partition coefficient (Wildman–Crippen LogP) is 1.05. The van der Waals surface area contributed by atoms with Crippen LogP contribution in [0.1, 0.15) is 29.4 Å². The third-order valence-corrected chi connectivity index (χ3v) is 4.06. The van der Waals surface area contributed by atoms with E-state index in [9.17, 15) is 4.79 Å². The van der Waals surface area contributed by atoms with Crippen molar-refractivity contribution < 1.29 is 4.79 Å². The smallest absolute Gasteiger partial charge is 0.273 e. The number of piperidine rings is 1. The first-order valence-electron chi connectivity index (χ1n) is 7.68. The maximum atomic E-state index is 12.3. The second-order valence-electron chi connectivity index (χ2n) is 5.84. The van der Waals surface area contributed by atoms with Gasteiger partial charge in [-0.3, -0.25) is 4.79 Å². The molecular formula is C16H21N5O. The minimum Gasteiger partial charge on any atom is -0.347 e. The molecule has 1 amide bonds. The Morgan fingerprint density at radius 3 is 3.00 bits per heavy atom. The summed E-state index contributed by atoms with van der Waals surface area (Å²) in [7, 11) is 0. The first-order valence-corrected chi connectivity index (χ1v) is 7.68. The molecular weight excluding hydrogens is 278 g/mol. The van der Waals surface area contributed by atoms with Gasteiger partial charge in [-0.2, -0.15) is 0 Å². The normalized spacial score (nSPS) is 21.5. The van der Waals surface area contributed by atoms with Crippen LogP contribution in [0.3, 0.4) is 0 Å². The number of nitrogens with one attached hydrogen (secondary N) is 2. The first-order chi connectivity index (χ1) is 10.7. The second kappa shape index (κ2) is 6.70. The zero-order valence-electron chi connectivity index (χ0n) is 12.7. The maximum Gasteiger partial charge on any atom is 0.273 e. The highest BCUT2D eigenvalue weighted by Crippen LogP contribution is 2.11. The van der Waals surface area contributed by atoms with Crippen molar-refractivity contribution in [2.75, 3.05) is 13.1 Å². The first kappa shape index (κ1) is 14.7. The zero-order chi connectivity index (χ0) is 15.4. The van der Waals surface area contributed by atoms with Crippen molar-refractivity contribution >= 4 is 5.91 Å². The van der Waals surface area contributed by atoms with E-state index < -0.39 is 0 Å². The van der Waals surface area contributed by atoms with Crippen LogP contribution in [0.5, 0.6) is 0 Å². The van der Waals surface area contributed by atoms with Gasteiger partial charge in [0.15, 0.2) is 5.69 Å². The molecule has 1 aliphatic heterocycles. The van der Waals surface area contributed by atoms with Crippen molar-refractivity contribution in [3.8, 4) is 0 Å². The molecule has 2 aromatic rings. The summed E-state index contributed by atoms with van der Waals surface area (Å²) < 4.78 is 1.69. The lowest BCUT2D eigenvalue weighted by atomic mass is 9.95. The molecule has 0 bridgehead atoms. The second-order valence-corrected chi connectivity index (χ2v) is 5.84. The van der Waals surface area contributed by atoms with Gasteiger partial charge in [0.2, 0.25) is 0 Å². The van der Waals surface area contributed by atoms with E-state index in [1.807, 2.05) is 30.3 Å². The summed E-state index contributed by atoms with van der Waals surface area (Å²) in [6.07, 6.45) is 2.65. The Morgan fingerprint density at radius 2 is 2.23 bits per heavy atom. The summed E-state index contributed by atoms with van der Waals surface area (Å²) in [6, 6.07) is 10.2. The van der Waals surface area contributed by atoms with Crippen LogP contribution in [0.2, 0.25) is 0 Å². The zero-order valence-corrected chi connectivity index (χ0v) is 12.7. The molecule has 116 valence electrons. The van der Waals surface area contributed by atoms with Crippen molar-refractivity contribution in [1.82, 2.24) is 25.6 Å². The molecule has 0 radical (unpaired) electrons. The highest BCUT2D eigenvalue weighted by atomic mass is 16.2. The minimum atomic E-state index is -0.141. The number of rotatable bonds is 4. The van der Waals surface area contributed by atoms with E-state index in [2.05, 4.69) is 27.9 Å². The number of hydrogen-bond acceptors (Lipinski definition) is 4. The quantitative estimate of drug-likeness (QED) is 0.885. The predicted molar refractivity (Wildman–Crippen MR) is 83.5 cm³/mol. The van der Waals surface area contributed by atoms with Crippen molar-refractivity contribution in [1.29, 1.82) is 0 Å². The van der Waals surface area contributed by atoms with Gasteiger partial charge in [-0.05, 0) is 31.0 Å². The molecule has 6 heteroatoms. The molecule has 3 rings (SSSR count). The van der Waals surface area contributed by atoms with Gasteiger partial charge in [-0.25, -0.2) is 4.68 Å². The molecule has 6 nitrogen and oxygen atoms in total. The molecule has 1 aromatic carbocycles. The fourth-order valence-corrected chi connectivity index (χ4v) is 2.72. The monoisotopic (exact) mass is 299 g/mol. The number of nitrogens with zero attached hydrogens (tertiary/aromatic N) is 3. The molecule has 1 aromatic heterocycles. The topological polar surface area (TPSA) is 71.8 Å². The number of carbonyl (C=O) groups excluding carboxylic acids is 1. The van der Waals surface area contributed by atoms with Crippen LogP contribution in [-0.4, -0.2) is 40.0 Å². The Morgan fingerprint density at radius 1 is 1.41 bits per heavy atom. The third kappa shape index (κ3) is 3.51. The van der Waals surface area contributed by atoms with E-state index in [1.54, 1.807) is 10.9 Å². The fourth-order valence-electron chi connectivity index (χ4n) is 2.72. The molecule has 22 heavy (non-hydrogen) atoms. The van der Waals surface area contributed by atoms with Gasteiger partial charge in [0.1, 0.15) is 0 Å². The van der Waals surface area contributed by atoms with E-state index in [0.29, 0.717) is 18.2 Å². The highest BCUT2D eigenvalue weighted by Gasteiger charge is 2.24. The molecule has 1 fully saturated rings. The average Bonchev–Trinajstić information content (AvgIpc) is 2.99. The van der Waals surface area contributed by atoms with Crippen LogP contribution in [-0.2, 0) is 6.54 Å². The highest BCUT2D eigenvalue weighted by molar-refractivity contribution is 5.92. The van der Waals surface area contributed by atoms with Crippen molar-refractivity contribution in [3.05, 3.63) is 47.8 Å². The van der Waals surface area contributed by atoms with Crippen molar-refractivity contribution in [2.45, 2.75) is 25.9 Å². The number of hydrogen-bond donors (Lipinski definition) is 2. The van der Waals surface area contributed by atoms with Crippen LogP contribution in [0.4, 0.5) is 0 Å². The molecule has 0 saturated carbocycles. The summed E-state index contributed by atoms with van der Waals surface area (Å²) >= 11 is 0. The SMILES string of the molecule is CC1CNCCC1NC(=O)c1cn(Cc2ccccc2)nn1. The summed E-state index contributed by atoms with van der Waals surface area (Å²) in [5.74, 6) is 0.287. The molecule has 1 saturated heterocycles.